The molecule has 19 heavy (non-hydrogen) atoms. The van der Waals surface area contributed by atoms with E-state index in [0.717, 1.165) is 32.1 Å². The maximum absolute atomic E-state index is 11.7. The van der Waals surface area contributed by atoms with Crippen molar-refractivity contribution in [3.8, 4) is 0 Å². The molecule has 0 aromatic heterocycles. The second-order valence-electron chi connectivity index (χ2n) is 5.40. The van der Waals surface area contributed by atoms with E-state index in [1.54, 1.807) is 0 Å². The Morgan fingerprint density at radius 2 is 1.16 bits per heavy atom. The second kappa shape index (κ2) is 12.9. The van der Waals surface area contributed by atoms with Crippen LogP contribution >= 0.6 is 0 Å². The van der Waals surface area contributed by atoms with E-state index < -0.39 is 10.0 Å². The van der Waals surface area contributed by atoms with Crippen LogP contribution < -0.4 is 4.72 Å². The summed E-state index contributed by atoms with van der Waals surface area (Å²) in [7, 11) is -3.01. The molecule has 0 unspecified atom stereocenters. The van der Waals surface area contributed by atoms with Gasteiger partial charge >= 0.3 is 0 Å². The molecule has 3 nitrogen and oxygen atoms in total. The quantitative estimate of drug-likeness (QED) is 0.487. The largest absolute Gasteiger partial charge is 0.215 e. The summed E-state index contributed by atoms with van der Waals surface area (Å²) in [5.41, 5.74) is 0. The lowest BCUT2D eigenvalue weighted by molar-refractivity contribution is 0.561. The third kappa shape index (κ3) is 14.1. The van der Waals surface area contributed by atoms with E-state index in [0.29, 0.717) is 12.3 Å². The van der Waals surface area contributed by atoms with E-state index in [1.165, 1.54) is 38.5 Å². The maximum Gasteiger partial charge on any atom is 0.211 e. The fraction of sp³-hybridized carbons (Fsp3) is 1.00. The Kier molecular flexibility index (Phi) is 12.9. The molecule has 0 radical (unpaired) electrons. The van der Waals surface area contributed by atoms with Crippen LogP contribution in [0, 0.1) is 0 Å². The normalized spacial score (nSPS) is 11.9. The molecule has 0 saturated carbocycles. The van der Waals surface area contributed by atoms with Gasteiger partial charge in [0.2, 0.25) is 10.0 Å². The fourth-order valence-corrected chi connectivity index (χ4v) is 3.28. The highest BCUT2D eigenvalue weighted by molar-refractivity contribution is 7.89. The summed E-state index contributed by atoms with van der Waals surface area (Å²) < 4.78 is 26.0. The SMILES string of the molecule is CCCCCCCCCCS(=O)(=O)NCCCCC. The zero-order chi connectivity index (χ0) is 14.4. The van der Waals surface area contributed by atoms with Crippen LogP contribution in [0.3, 0.4) is 0 Å². The summed E-state index contributed by atoms with van der Waals surface area (Å²) in [5, 5.41) is 0. The molecule has 116 valence electrons. The molecule has 4 heteroatoms. The van der Waals surface area contributed by atoms with Gasteiger partial charge < -0.3 is 0 Å². The predicted molar refractivity (Wildman–Crippen MR) is 83.9 cm³/mol. The Morgan fingerprint density at radius 1 is 0.684 bits per heavy atom. The molecule has 0 spiro atoms. The smallest absolute Gasteiger partial charge is 0.211 e. The van der Waals surface area contributed by atoms with Crippen LogP contribution in [-0.4, -0.2) is 20.7 Å². The van der Waals surface area contributed by atoms with Crippen LogP contribution in [0.1, 0.15) is 84.5 Å². The van der Waals surface area contributed by atoms with Crippen LogP contribution in [-0.2, 0) is 10.0 Å². The van der Waals surface area contributed by atoms with Gasteiger partial charge in [-0.1, -0.05) is 71.6 Å². The topological polar surface area (TPSA) is 46.2 Å². The van der Waals surface area contributed by atoms with Crippen molar-refractivity contribution in [2.75, 3.05) is 12.3 Å². The Balaban J connectivity index is 3.38. The number of unbranched alkanes of at least 4 members (excludes halogenated alkanes) is 9. The molecule has 0 bridgehead atoms. The first-order valence-electron chi connectivity index (χ1n) is 8.09. The maximum atomic E-state index is 11.7. The number of hydrogen-bond acceptors (Lipinski definition) is 2. The van der Waals surface area contributed by atoms with Crippen molar-refractivity contribution in [1.82, 2.24) is 4.72 Å². The molecule has 1 N–H and O–H groups in total. The fourth-order valence-electron chi connectivity index (χ4n) is 2.10. The zero-order valence-corrected chi connectivity index (χ0v) is 13.7. The van der Waals surface area contributed by atoms with E-state index in [-0.39, 0.29) is 0 Å². The van der Waals surface area contributed by atoms with E-state index in [1.807, 2.05) is 0 Å². The molecule has 0 saturated heterocycles. The third-order valence-electron chi connectivity index (χ3n) is 3.37. The number of sulfonamides is 1. The summed E-state index contributed by atoms with van der Waals surface area (Å²) in [6.07, 6.45) is 12.7. The predicted octanol–water partition coefficient (Wildman–Crippen LogP) is 4.24. The standard InChI is InChI=1S/C15H33NO2S/c1-3-5-7-8-9-10-11-13-15-19(17,18)16-14-12-6-4-2/h16H,3-15H2,1-2H3. The van der Waals surface area contributed by atoms with Crippen molar-refractivity contribution in [3.05, 3.63) is 0 Å². The molecule has 0 aromatic carbocycles. The Hall–Kier alpha value is -0.0900. The molecule has 0 aromatic rings. The molecule has 0 aliphatic carbocycles. The minimum atomic E-state index is -3.01. The Labute approximate surface area is 120 Å². The van der Waals surface area contributed by atoms with Gasteiger partial charge in [-0.05, 0) is 12.8 Å². The van der Waals surface area contributed by atoms with Crippen LogP contribution in [0.2, 0.25) is 0 Å². The molecule has 0 atom stereocenters. The van der Waals surface area contributed by atoms with Crippen molar-refractivity contribution >= 4 is 10.0 Å². The lowest BCUT2D eigenvalue weighted by Gasteiger charge is -2.06. The van der Waals surface area contributed by atoms with Gasteiger partial charge in [-0.25, -0.2) is 13.1 Å². The molecular formula is C15H33NO2S. The Bertz CT molecular complexity index is 276. The summed E-state index contributed by atoms with van der Waals surface area (Å²) in [5.74, 6) is 0.300. The molecular weight excluding hydrogens is 258 g/mol. The summed E-state index contributed by atoms with van der Waals surface area (Å²) in [6.45, 7) is 4.95. The van der Waals surface area contributed by atoms with Crippen molar-refractivity contribution in [1.29, 1.82) is 0 Å². The molecule has 0 amide bonds. The van der Waals surface area contributed by atoms with E-state index in [4.69, 9.17) is 0 Å². The minimum absolute atomic E-state index is 0.300. The molecule has 0 aliphatic heterocycles. The summed E-state index contributed by atoms with van der Waals surface area (Å²) in [4.78, 5) is 0. The number of nitrogens with one attached hydrogen (secondary N) is 1. The Morgan fingerprint density at radius 3 is 1.74 bits per heavy atom. The van der Waals surface area contributed by atoms with Crippen LogP contribution in [0.5, 0.6) is 0 Å². The molecule has 0 heterocycles. The summed E-state index contributed by atoms with van der Waals surface area (Å²) in [6, 6.07) is 0. The van der Waals surface area contributed by atoms with Gasteiger partial charge in [-0.2, -0.15) is 0 Å². The van der Waals surface area contributed by atoms with Crippen molar-refractivity contribution in [2.45, 2.75) is 84.5 Å². The number of rotatable bonds is 14. The van der Waals surface area contributed by atoms with Gasteiger partial charge in [0.05, 0.1) is 5.75 Å². The van der Waals surface area contributed by atoms with Crippen molar-refractivity contribution < 1.29 is 8.42 Å². The highest BCUT2D eigenvalue weighted by Crippen LogP contribution is 2.08. The van der Waals surface area contributed by atoms with Gasteiger partial charge in [0, 0.05) is 6.54 Å². The van der Waals surface area contributed by atoms with Crippen LogP contribution in [0.4, 0.5) is 0 Å². The lowest BCUT2D eigenvalue weighted by atomic mass is 10.1. The van der Waals surface area contributed by atoms with Gasteiger partial charge in [0.15, 0.2) is 0 Å². The zero-order valence-electron chi connectivity index (χ0n) is 12.9. The first-order valence-corrected chi connectivity index (χ1v) is 9.75. The van der Waals surface area contributed by atoms with Gasteiger partial charge in [-0.15, -0.1) is 0 Å². The molecule has 0 fully saturated rings. The van der Waals surface area contributed by atoms with Gasteiger partial charge in [0.1, 0.15) is 0 Å². The van der Waals surface area contributed by atoms with Crippen LogP contribution in [0.15, 0.2) is 0 Å². The monoisotopic (exact) mass is 291 g/mol. The first-order chi connectivity index (χ1) is 9.12. The third-order valence-corrected chi connectivity index (χ3v) is 4.84. The molecule has 0 rings (SSSR count). The minimum Gasteiger partial charge on any atom is -0.215 e. The van der Waals surface area contributed by atoms with Crippen molar-refractivity contribution in [2.24, 2.45) is 0 Å². The van der Waals surface area contributed by atoms with Gasteiger partial charge in [0.25, 0.3) is 0 Å². The van der Waals surface area contributed by atoms with Gasteiger partial charge in [-0.3, -0.25) is 0 Å². The average Bonchev–Trinajstić information content (AvgIpc) is 2.38. The summed E-state index contributed by atoms with van der Waals surface area (Å²) >= 11 is 0. The highest BCUT2D eigenvalue weighted by atomic mass is 32.2. The van der Waals surface area contributed by atoms with E-state index in [2.05, 4.69) is 18.6 Å². The van der Waals surface area contributed by atoms with Crippen molar-refractivity contribution in [3.63, 3.8) is 0 Å². The number of hydrogen-bond donors (Lipinski definition) is 1. The first kappa shape index (κ1) is 18.9. The average molecular weight is 292 g/mol. The highest BCUT2D eigenvalue weighted by Gasteiger charge is 2.08. The van der Waals surface area contributed by atoms with E-state index >= 15 is 0 Å². The van der Waals surface area contributed by atoms with E-state index in [9.17, 15) is 8.42 Å². The second-order valence-corrected chi connectivity index (χ2v) is 7.32. The van der Waals surface area contributed by atoms with Crippen LogP contribution in [0.25, 0.3) is 0 Å². The lowest BCUT2D eigenvalue weighted by Crippen LogP contribution is -2.27. The molecule has 0 aliphatic rings.